The minimum atomic E-state index is -0.527. The predicted molar refractivity (Wildman–Crippen MR) is 127 cm³/mol. The summed E-state index contributed by atoms with van der Waals surface area (Å²) < 4.78 is 13.0. The molecule has 4 aromatic rings. The molecule has 0 spiro atoms. The van der Waals surface area contributed by atoms with Gasteiger partial charge < -0.3 is 8.83 Å². The van der Waals surface area contributed by atoms with Crippen LogP contribution in [0.1, 0.15) is 16.3 Å². The van der Waals surface area contributed by atoms with Gasteiger partial charge in [0.05, 0.1) is 19.7 Å². The van der Waals surface area contributed by atoms with Crippen molar-refractivity contribution in [1.82, 2.24) is 5.43 Å². The van der Waals surface area contributed by atoms with Crippen molar-refractivity contribution in [3.05, 3.63) is 83.2 Å². The Balaban J connectivity index is 1.47. The average molecular weight is 615 g/mol. The Morgan fingerprint density at radius 3 is 2.74 bits per heavy atom. The van der Waals surface area contributed by atoms with Gasteiger partial charge in [-0.05, 0) is 59.0 Å². The van der Waals surface area contributed by atoms with E-state index in [4.69, 9.17) is 20.4 Å². The first-order chi connectivity index (χ1) is 14.8. The lowest BCUT2D eigenvalue weighted by Crippen LogP contribution is -2.16. The highest BCUT2D eigenvalue weighted by molar-refractivity contribution is 14.1. The van der Waals surface area contributed by atoms with Crippen molar-refractivity contribution in [3.63, 3.8) is 0 Å². The van der Waals surface area contributed by atoms with Gasteiger partial charge in [-0.2, -0.15) is 5.10 Å². The van der Waals surface area contributed by atoms with Crippen LogP contribution in [0.4, 0.5) is 5.69 Å². The first-order valence-corrected chi connectivity index (χ1v) is 10.8. The second-order valence-electron chi connectivity index (χ2n) is 6.24. The second-order valence-corrected chi connectivity index (χ2v) is 8.72. The number of rotatable bonds is 5. The first kappa shape index (κ1) is 21.5. The third-order valence-electron chi connectivity index (χ3n) is 4.17. The van der Waals surface area contributed by atoms with Gasteiger partial charge in [-0.15, -0.1) is 0 Å². The monoisotopic (exact) mass is 613 g/mol. The summed E-state index contributed by atoms with van der Waals surface area (Å²) in [6, 6.07) is 12.7. The van der Waals surface area contributed by atoms with Crippen LogP contribution in [0, 0.1) is 13.7 Å². The summed E-state index contributed by atoms with van der Waals surface area (Å²) in [5.74, 6) is 0.378. The number of carbonyl (C=O) groups excluding carboxylic acids is 1. The molecule has 4 rings (SSSR count). The van der Waals surface area contributed by atoms with Crippen LogP contribution in [0.25, 0.3) is 22.3 Å². The van der Waals surface area contributed by atoms with Crippen molar-refractivity contribution < 1.29 is 18.6 Å². The maximum Gasteiger partial charge on any atom is 0.307 e. The lowest BCUT2D eigenvalue weighted by Gasteiger charge is -2.00. The number of benzene rings is 2. The highest BCUT2D eigenvalue weighted by Crippen LogP contribution is 2.32. The molecule has 2 heterocycles. The fourth-order valence-corrected chi connectivity index (χ4v) is 4.71. The molecule has 31 heavy (non-hydrogen) atoms. The van der Waals surface area contributed by atoms with E-state index in [2.05, 4.69) is 49.0 Å². The van der Waals surface area contributed by atoms with Gasteiger partial charge in [0.1, 0.15) is 17.1 Å². The SMILES string of the molecule is O=C(N/N=C\c1ccc(-c2ccc([N+](=O)[O-])cc2Cl)o1)c1cc2cc(Br)cc(I)c2o1. The standard InChI is InChI=1S/C20H10BrClIN3O5/c21-11-5-10-6-18(31-19(10)16(23)7-11)20(27)25-24-9-13-2-4-17(30-13)14-3-1-12(26(28)29)8-15(14)22/h1-9H,(H,25,27)/b24-9-. The predicted octanol–water partition coefficient (Wildman–Crippen LogP) is 6.39. The van der Waals surface area contributed by atoms with Gasteiger partial charge in [-0.25, -0.2) is 5.43 Å². The second kappa shape index (κ2) is 8.81. The highest BCUT2D eigenvalue weighted by Gasteiger charge is 2.15. The number of carbonyl (C=O) groups is 1. The molecule has 0 aliphatic rings. The number of hydrazone groups is 1. The maximum atomic E-state index is 12.3. The molecule has 0 atom stereocenters. The number of fused-ring (bicyclic) bond motifs is 1. The molecule has 2 aromatic heterocycles. The Morgan fingerprint density at radius 1 is 1.19 bits per heavy atom. The number of amides is 1. The van der Waals surface area contributed by atoms with Crippen molar-refractivity contribution in [2.45, 2.75) is 0 Å². The Morgan fingerprint density at radius 2 is 2.00 bits per heavy atom. The van der Waals surface area contributed by atoms with Gasteiger partial charge in [0.15, 0.2) is 5.76 Å². The van der Waals surface area contributed by atoms with E-state index in [0.29, 0.717) is 22.7 Å². The fourth-order valence-electron chi connectivity index (χ4n) is 2.78. The van der Waals surface area contributed by atoms with Gasteiger partial charge in [-0.1, -0.05) is 27.5 Å². The van der Waals surface area contributed by atoms with Crippen LogP contribution in [0.3, 0.4) is 0 Å². The zero-order valence-corrected chi connectivity index (χ0v) is 19.8. The molecular weight excluding hydrogens is 604 g/mol. The third kappa shape index (κ3) is 4.65. The molecule has 1 N–H and O–H groups in total. The lowest BCUT2D eigenvalue weighted by molar-refractivity contribution is -0.384. The number of furan rings is 2. The molecule has 0 aliphatic heterocycles. The fraction of sp³-hybridized carbons (Fsp3) is 0. The summed E-state index contributed by atoms with van der Waals surface area (Å²) in [4.78, 5) is 22.6. The minimum Gasteiger partial charge on any atom is -0.455 e. The van der Waals surface area contributed by atoms with Crippen molar-refractivity contribution in [2.24, 2.45) is 5.10 Å². The number of nitrogens with one attached hydrogen (secondary N) is 1. The molecule has 1 amide bonds. The molecule has 156 valence electrons. The molecule has 0 fully saturated rings. The van der Waals surface area contributed by atoms with Crippen LogP contribution in [0.15, 0.2) is 66.9 Å². The Hall–Kier alpha value is -2.70. The number of non-ortho nitro benzene ring substituents is 1. The molecule has 2 aromatic carbocycles. The summed E-state index contributed by atoms with van der Waals surface area (Å²) in [5.41, 5.74) is 3.39. The molecule has 8 nitrogen and oxygen atoms in total. The molecule has 0 aliphatic carbocycles. The van der Waals surface area contributed by atoms with Crippen LogP contribution >= 0.6 is 50.1 Å². The van der Waals surface area contributed by atoms with Crippen LogP contribution < -0.4 is 5.43 Å². The maximum absolute atomic E-state index is 12.3. The zero-order valence-electron chi connectivity index (χ0n) is 15.3. The Labute approximate surface area is 201 Å². The molecular formula is C20H10BrClIN3O5. The van der Waals surface area contributed by atoms with E-state index >= 15 is 0 Å². The van der Waals surface area contributed by atoms with Gasteiger partial charge >= 0.3 is 5.91 Å². The minimum absolute atomic E-state index is 0.113. The van der Waals surface area contributed by atoms with E-state index in [1.165, 1.54) is 24.4 Å². The molecule has 0 unspecified atom stereocenters. The number of nitrogens with zero attached hydrogens (tertiary/aromatic N) is 2. The van der Waals surface area contributed by atoms with Crippen LogP contribution in [-0.4, -0.2) is 17.0 Å². The van der Waals surface area contributed by atoms with E-state index in [1.54, 1.807) is 18.2 Å². The van der Waals surface area contributed by atoms with E-state index in [1.807, 2.05) is 12.1 Å². The van der Waals surface area contributed by atoms with Gasteiger partial charge in [0.2, 0.25) is 0 Å². The van der Waals surface area contributed by atoms with E-state index in [-0.39, 0.29) is 16.5 Å². The lowest BCUT2D eigenvalue weighted by atomic mass is 10.1. The van der Waals surface area contributed by atoms with Gasteiger partial charge in [-0.3, -0.25) is 14.9 Å². The van der Waals surface area contributed by atoms with Crippen LogP contribution in [0.5, 0.6) is 0 Å². The molecule has 0 saturated heterocycles. The quantitative estimate of drug-likeness (QED) is 0.121. The van der Waals surface area contributed by atoms with E-state index in [9.17, 15) is 14.9 Å². The van der Waals surface area contributed by atoms with E-state index in [0.717, 1.165) is 13.4 Å². The molecule has 0 saturated carbocycles. The molecule has 0 radical (unpaired) electrons. The summed E-state index contributed by atoms with van der Waals surface area (Å²) in [7, 11) is 0. The number of nitro benzene ring substituents is 1. The normalized spacial score (nSPS) is 11.3. The summed E-state index contributed by atoms with van der Waals surface area (Å²) >= 11 is 11.7. The number of hydrogen-bond acceptors (Lipinski definition) is 6. The van der Waals surface area contributed by atoms with Gasteiger partial charge in [0.25, 0.3) is 5.69 Å². The molecule has 0 bridgehead atoms. The largest absolute Gasteiger partial charge is 0.455 e. The third-order valence-corrected chi connectivity index (χ3v) is 5.74. The van der Waals surface area contributed by atoms with Crippen LogP contribution in [0.2, 0.25) is 5.02 Å². The Kier molecular flexibility index (Phi) is 6.12. The zero-order chi connectivity index (χ0) is 22.1. The number of nitro groups is 1. The van der Waals surface area contributed by atoms with Crippen molar-refractivity contribution in [1.29, 1.82) is 0 Å². The van der Waals surface area contributed by atoms with Crippen molar-refractivity contribution >= 4 is 78.9 Å². The summed E-state index contributed by atoms with van der Waals surface area (Å²) in [5, 5.41) is 15.7. The highest BCUT2D eigenvalue weighted by atomic mass is 127. The topological polar surface area (TPSA) is 111 Å². The summed E-state index contributed by atoms with van der Waals surface area (Å²) in [6.45, 7) is 0. The smallest absolute Gasteiger partial charge is 0.307 e. The van der Waals surface area contributed by atoms with Crippen LogP contribution in [-0.2, 0) is 0 Å². The number of hydrogen-bond donors (Lipinski definition) is 1. The summed E-state index contributed by atoms with van der Waals surface area (Å²) in [6.07, 6.45) is 1.32. The average Bonchev–Trinajstić information content (AvgIpc) is 3.35. The van der Waals surface area contributed by atoms with Crippen molar-refractivity contribution in [3.8, 4) is 11.3 Å². The van der Waals surface area contributed by atoms with Gasteiger partial charge in [0, 0.05) is 27.6 Å². The van der Waals surface area contributed by atoms with Crippen molar-refractivity contribution in [2.75, 3.05) is 0 Å². The Bertz CT molecular complexity index is 1360. The number of halogens is 3. The van der Waals surface area contributed by atoms with E-state index < -0.39 is 10.8 Å². The molecule has 11 heteroatoms. The first-order valence-electron chi connectivity index (χ1n) is 8.58.